The van der Waals surface area contributed by atoms with E-state index in [9.17, 15) is 18.0 Å². The number of benzene rings is 1. The van der Waals surface area contributed by atoms with Gasteiger partial charge in [0, 0.05) is 30.8 Å². The van der Waals surface area contributed by atoms with Crippen LogP contribution in [0.3, 0.4) is 0 Å². The highest BCUT2D eigenvalue weighted by molar-refractivity contribution is 5.87. The number of ether oxygens (including phenoxy) is 2. The van der Waals surface area contributed by atoms with Crippen LogP contribution >= 0.6 is 0 Å². The summed E-state index contributed by atoms with van der Waals surface area (Å²) in [6.07, 6.45) is -1.33. The van der Waals surface area contributed by atoms with Crippen molar-refractivity contribution in [3.05, 3.63) is 51.8 Å². The number of hydrogen-bond donors (Lipinski definition) is 2. The van der Waals surface area contributed by atoms with Gasteiger partial charge in [-0.15, -0.1) is 0 Å². The molecule has 3 aromatic rings. The Hall–Kier alpha value is -3.34. The molecule has 1 saturated heterocycles. The molecule has 0 bridgehead atoms. The highest BCUT2D eigenvalue weighted by Gasteiger charge is 2.23. The number of nitrogens with two attached hydrogens (primary N) is 1. The zero-order valence-electron chi connectivity index (χ0n) is 17.4. The SMILES string of the molecule is C[C@@H](Nc1ncnc2c1cc(O[C@H]1CCOC1)c(=O)n2C)c1cc(N)cc(C(F)F)c1F. The molecule has 1 fully saturated rings. The van der Waals surface area contributed by atoms with E-state index in [-0.39, 0.29) is 34.5 Å². The van der Waals surface area contributed by atoms with Gasteiger partial charge in [-0.2, -0.15) is 0 Å². The molecule has 1 aliphatic rings. The second-order valence-electron chi connectivity index (χ2n) is 7.62. The van der Waals surface area contributed by atoms with Crippen LogP contribution in [-0.2, 0) is 11.8 Å². The van der Waals surface area contributed by atoms with E-state index in [4.69, 9.17) is 15.2 Å². The molecule has 4 rings (SSSR count). The minimum Gasteiger partial charge on any atom is -0.482 e. The van der Waals surface area contributed by atoms with E-state index in [2.05, 4.69) is 15.3 Å². The molecule has 2 atom stereocenters. The molecule has 0 spiro atoms. The molecule has 1 aliphatic heterocycles. The van der Waals surface area contributed by atoms with Gasteiger partial charge >= 0.3 is 0 Å². The second-order valence-corrected chi connectivity index (χ2v) is 7.62. The van der Waals surface area contributed by atoms with E-state index in [1.165, 1.54) is 23.0 Å². The number of fused-ring (bicyclic) bond motifs is 1. The standard InChI is InChI=1S/C21H22F3N5O3/c1-10(13-5-11(25)6-14(17(13)22)18(23)24)28-19-15-7-16(32-12-3-4-31-8-12)21(30)29(2)20(15)27-9-26-19/h5-7,9-10,12,18H,3-4,8,25H2,1-2H3,(H,26,27,28)/t10-,12+/m1/s1. The fourth-order valence-corrected chi connectivity index (χ4v) is 3.68. The Bertz CT molecular complexity index is 1210. The van der Waals surface area contributed by atoms with Crippen molar-refractivity contribution in [3.63, 3.8) is 0 Å². The molecule has 0 radical (unpaired) electrons. The Labute approximate surface area is 181 Å². The summed E-state index contributed by atoms with van der Waals surface area (Å²) >= 11 is 0. The number of aryl methyl sites for hydroxylation is 1. The van der Waals surface area contributed by atoms with Crippen LogP contribution in [0.1, 0.15) is 36.9 Å². The van der Waals surface area contributed by atoms with Crippen LogP contribution in [0, 0.1) is 5.82 Å². The molecule has 11 heteroatoms. The van der Waals surface area contributed by atoms with Crippen molar-refractivity contribution in [3.8, 4) is 5.75 Å². The lowest BCUT2D eigenvalue weighted by Crippen LogP contribution is -2.25. The van der Waals surface area contributed by atoms with E-state index in [0.717, 1.165) is 6.07 Å². The molecule has 170 valence electrons. The maximum Gasteiger partial charge on any atom is 0.294 e. The summed E-state index contributed by atoms with van der Waals surface area (Å²) in [6, 6.07) is 2.97. The molecule has 0 unspecified atom stereocenters. The van der Waals surface area contributed by atoms with Gasteiger partial charge in [0.05, 0.1) is 30.2 Å². The Balaban J connectivity index is 1.73. The molecular formula is C21H22F3N5O3. The third-order valence-electron chi connectivity index (χ3n) is 5.36. The quantitative estimate of drug-likeness (QED) is 0.556. The van der Waals surface area contributed by atoms with Crippen molar-refractivity contribution >= 4 is 22.5 Å². The van der Waals surface area contributed by atoms with Crippen molar-refractivity contribution in [1.82, 2.24) is 14.5 Å². The first-order valence-electron chi connectivity index (χ1n) is 9.99. The van der Waals surface area contributed by atoms with Crippen LogP contribution in [0.4, 0.5) is 24.7 Å². The van der Waals surface area contributed by atoms with E-state index >= 15 is 0 Å². The average molecular weight is 449 g/mol. The van der Waals surface area contributed by atoms with Crippen LogP contribution in [0.2, 0.25) is 0 Å². The third kappa shape index (κ3) is 4.07. The van der Waals surface area contributed by atoms with Gasteiger partial charge in [0.15, 0.2) is 5.75 Å². The van der Waals surface area contributed by atoms with E-state index in [0.29, 0.717) is 30.7 Å². The number of nitrogens with zero attached hydrogens (tertiary/aromatic N) is 3. The lowest BCUT2D eigenvalue weighted by molar-refractivity contribution is 0.140. The van der Waals surface area contributed by atoms with Gasteiger partial charge in [0.1, 0.15) is 29.7 Å². The highest BCUT2D eigenvalue weighted by Crippen LogP contribution is 2.32. The molecule has 3 heterocycles. The number of rotatable bonds is 6. The van der Waals surface area contributed by atoms with Crippen molar-refractivity contribution < 1.29 is 22.6 Å². The number of anilines is 2. The zero-order valence-corrected chi connectivity index (χ0v) is 17.4. The molecule has 1 aromatic carbocycles. The largest absolute Gasteiger partial charge is 0.482 e. The van der Waals surface area contributed by atoms with Crippen LogP contribution in [0.5, 0.6) is 5.75 Å². The highest BCUT2D eigenvalue weighted by atomic mass is 19.3. The monoisotopic (exact) mass is 449 g/mol. The number of halogens is 3. The zero-order chi connectivity index (χ0) is 23.0. The lowest BCUT2D eigenvalue weighted by Gasteiger charge is -2.20. The normalized spacial score (nSPS) is 17.1. The summed E-state index contributed by atoms with van der Waals surface area (Å²) in [6.45, 7) is 2.53. The number of hydrogen-bond acceptors (Lipinski definition) is 7. The minimum atomic E-state index is -3.00. The molecule has 0 aliphatic carbocycles. The van der Waals surface area contributed by atoms with Crippen LogP contribution in [-0.4, -0.2) is 33.9 Å². The van der Waals surface area contributed by atoms with Crippen LogP contribution in [0.15, 0.2) is 29.3 Å². The summed E-state index contributed by atoms with van der Waals surface area (Å²) in [7, 11) is 1.55. The van der Waals surface area contributed by atoms with Crippen molar-refractivity contribution in [2.45, 2.75) is 31.9 Å². The van der Waals surface area contributed by atoms with Crippen LogP contribution in [0.25, 0.3) is 11.0 Å². The lowest BCUT2D eigenvalue weighted by atomic mass is 10.0. The number of alkyl halides is 2. The van der Waals surface area contributed by atoms with Gasteiger partial charge in [0.2, 0.25) is 0 Å². The fraction of sp³-hybridized carbons (Fsp3) is 0.381. The maximum absolute atomic E-state index is 14.7. The molecule has 0 amide bonds. The summed E-state index contributed by atoms with van der Waals surface area (Å²) in [4.78, 5) is 21.1. The van der Waals surface area contributed by atoms with Crippen molar-refractivity contribution in [2.24, 2.45) is 7.05 Å². The third-order valence-corrected chi connectivity index (χ3v) is 5.36. The van der Waals surface area contributed by atoms with Crippen molar-refractivity contribution in [2.75, 3.05) is 24.3 Å². The smallest absolute Gasteiger partial charge is 0.294 e. The number of pyridine rings is 1. The maximum atomic E-state index is 14.7. The molecular weight excluding hydrogens is 427 g/mol. The summed E-state index contributed by atoms with van der Waals surface area (Å²) in [5.74, 6) is -0.646. The molecule has 2 aromatic heterocycles. The van der Waals surface area contributed by atoms with Gasteiger partial charge in [-0.25, -0.2) is 23.1 Å². The number of aromatic nitrogens is 3. The Morgan fingerprint density at radius 2 is 2.03 bits per heavy atom. The van der Waals surface area contributed by atoms with Gasteiger partial charge in [-0.05, 0) is 19.1 Å². The number of nitrogen functional groups attached to an aromatic ring is 1. The Morgan fingerprint density at radius 3 is 2.72 bits per heavy atom. The summed E-state index contributed by atoms with van der Waals surface area (Å²) in [5, 5.41) is 3.47. The van der Waals surface area contributed by atoms with Crippen LogP contribution < -0.4 is 21.3 Å². The van der Waals surface area contributed by atoms with Gasteiger partial charge in [0.25, 0.3) is 12.0 Å². The van der Waals surface area contributed by atoms with Crippen molar-refractivity contribution in [1.29, 1.82) is 0 Å². The first kappa shape index (κ1) is 21.9. The summed E-state index contributed by atoms with van der Waals surface area (Å²) < 4.78 is 53.5. The van der Waals surface area contributed by atoms with Gasteiger partial charge in [-0.3, -0.25) is 9.36 Å². The Kier molecular flexibility index (Phi) is 5.92. The molecule has 32 heavy (non-hydrogen) atoms. The van der Waals surface area contributed by atoms with E-state index in [1.54, 1.807) is 14.0 Å². The number of nitrogens with one attached hydrogen (secondary N) is 1. The Morgan fingerprint density at radius 1 is 1.28 bits per heavy atom. The molecule has 0 saturated carbocycles. The van der Waals surface area contributed by atoms with Gasteiger partial charge in [-0.1, -0.05) is 0 Å². The minimum absolute atomic E-state index is 0.0229. The summed E-state index contributed by atoms with van der Waals surface area (Å²) in [5.41, 5.74) is 4.89. The topological polar surface area (TPSA) is 104 Å². The second kappa shape index (κ2) is 8.65. The first-order valence-corrected chi connectivity index (χ1v) is 9.99. The average Bonchev–Trinajstić information content (AvgIpc) is 3.26. The predicted octanol–water partition coefficient (Wildman–Crippen LogP) is 3.33. The predicted molar refractivity (Wildman–Crippen MR) is 112 cm³/mol. The molecule has 3 N–H and O–H groups in total. The first-order chi connectivity index (χ1) is 15.3. The fourth-order valence-electron chi connectivity index (χ4n) is 3.68. The van der Waals surface area contributed by atoms with E-state index in [1.807, 2.05) is 0 Å². The molecule has 8 nitrogen and oxygen atoms in total. The van der Waals surface area contributed by atoms with Gasteiger partial charge < -0.3 is 20.5 Å². The van der Waals surface area contributed by atoms with E-state index < -0.39 is 23.8 Å².